The molecule has 6 heteroatoms. The predicted molar refractivity (Wildman–Crippen MR) is 102 cm³/mol. The molecule has 3 aromatic rings. The first-order valence-electron chi connectivity index (χ1n) is 8.20. The van der Waals surface area contributed by atoms with Crippen molar-refractivity contribution in [2.24, 2.45) is 0 Å². The first kappa shape index (κ1) is 18.2. The highest BCUT2D eigenvalue weighted by Crippen LogP contribution is 2.27. The maximum atomic E-state index is 12.4. The molecule has 1 amide bonds. The van der Waals surface area contributed by atoms with Crippen molar-refractivity contribution in [1.82, 2.24) is 10.3 Å². The maximum absolute atomic E-state index is 12.4. The molecule has 0 spiro atoms. The third-order valence-electron chi connectivity index (χ3n) is 3.90. The molecule has 0 unspecified atom stereocenters. The number of rotatable bonds is 6. The summed E-state index contributed by atoms with van der Waals surface area (Å²) in [6.07, 6.45) is 1.67. The molecule has 0 aliphatic carbocycles. The van der Waals surface area contributed by atoms with Gasteiger partial charge in [0.2, 0.25) is 5.88 Å². The van der Waals surface area contributed by atoms with Crippen LogP contribution in [0.3, 0.4) is 0 Å². The maximum Gasteiger partial charge on any atom is 0.256 e. The SMILES string of the molecule is Cc1oc(C)c(C(=O)NCc2ccnc(OCc3ccccc3)c2)c1Br. The van der Waals surface area contributed by atoms with E-state index in [2.05, 4.69) is 26.2 Å². The van der Waals surface area contributed by atoms with E-state index in [-0.39, 0.29) is 5.91 Å². The third-order valence-corrected chi connectivity index (χ3v) is 4.85. The van der Waals surface area contributed by atoms with E-state index in [0.29, 0.717) is 40.6 Å². The molecule has 0 saturated carbocycles. The molecule has 2 aromatic heterocycles. The van der Waals surface area contributed by atoms with Gasteiger partial charge < -0.3 is 14.5 Å². The minimum absolute atomic E-state index is 0.185. The number of aromatic nitrogens is 1. The zero-order chi connectivity index (χ0) is 18.5. The molecule has 1 N–H and O–H groups in total. The number of pyridine rings is 1. The van der Waals surface area contributed by atoms with E-state index in [1.54, 1.807) is 13.1 Å². The Kier molecular flexibility index (Phi) is 5.73. The first-order chi connectivity index (χ1) is 12.5. The number of hydrogen-bond donors (Lipinski definition) is 1. The van der Waals surface area contributed by atoms with Gasteiger partial charge in [0.15, 0.2) is 0 Å². The molecular formula is C20H19BrN2O3. The second-order valence-corrected chi connectivity index (χ2v) is 6.66. The van der Waals surface area contributed by atoms with Crippen LogP contribution in [-0.4, -0.2) is 10.9 Å². The molecule has 26 heavy (non-hydrogen) atoms. The third kappa shape index (κ3) is 4.32. The van der Waals surface area contributed by atoms with Gasteiger partial charge in [-0.15, -0.1) is 0 Å². The van der Waals surface area contributed by atoms with Gasteiger partial charge in [-0.3, -0.25) is 4.79 Å². The Balaban J connectivity index is 1.61. The van der Waals surface area contributed by atoms with Crippen molar-refractivity contribution in [2.45, 2.75) is 27.0 Å². The van der Waals surface area contributed by atoms with Crippen LogP contribution in [0.4, 0.5) is 0 Å². The zero-order valence-electron chi connectivity index (χ0n) is 14.6. The number of amides is 1. The summed E-state index contributed by atoms with van der Waals surface area (Å²) in [5.41, 5.74) is 2.51. The Morgan fingerprint density at radius 1 is 1.15 bits per heavy atom. The van der Waals surface area contributed by atoms with Crippen molar-refractivity contribution in [3.63, 3.8) is 0 Å². The number of ether oxygens (including phenoxy) is 1. The topological polar surface area (TPSA) is 64.4 Å². The van der Waals surface area contributed by atoms with Gasteiger partial charge in [-0.25, -0.2) is 4.98 Å². The number of carbonyl (C=O) groups is 1. The van der Waals surface area contributed by atoms with E-state index in [9.17, 15) is 4.79 Å². The Labute approximate surface area is 160 Å². The van der Waals surface area contributed by atoms with Crippen LogP contribution < -0.4 is 10.1 Å². The van der Waals surface area contributed by atoms with Gasteiger partial charge in [0.25, 0.3) is 5.91 Å². The van der Waals surface area contributed by atoms with Crippen molar-refractivity contribution in [3.05, 3.63) is 81.3 Å². The summed E-state index contributed by atoms with van der Waals surface area (Å²) < 4.78 is 11.9. The summed E-state index contributed by atoms with van der Waals surface area (Å²) in [6, 6.07) is 13.6. The summed E-state index contributed by atoms with van der Waals surface area (Å²) in [6.45, 7) is 4.41. The fraction of sp³-hybridized carbons (Fsp3) is 0.200. The highest BCUT2D eigenvalue weighted by atomic mass is 79.9. The van der Waals surface area contributed by atoms with Gasteiger partial charge in [-0.1, -0.05) is 30.3 Å². The van der Waals surface area contributed by atoms with Crippen LogP contribution in [0, 0.1) is 13.8 Å². The van der Waals surface area contributed by atoms with Crippen molar-refractivity contribution < 1.29 is 13.9 Å². The second kappa shape index (κ2) is 8.19. The second-order valence-electron chi connectivity index (χ2n) is 5.86. The Hall–Kier alpha value is -2.60. The van der Waals surface area contributed by atoms with Gasteiger partial charge in [-0.2, -0.15) is 0 Å². The van der Waals surface area contributed by atoms with Crippen molar-refractivity contribution in [1.29, 1.82) is 0 Å². The normalized spacial score (nSPS) is 10.6. The number of hydrogen-bond acceptors (Lipinski definition) is 4. The van der Waals surface area contributed by atoms with E-state index in [4.69, 9.17) is 9.15 Å². The summed E-state index contributed by atoms with van der Waals surface area (Å²) in [7, 11) is 0. The standard InChI is InChI=1S/C20H19BrN2O3/c1-13-18(19(21)14(2)26-13)20(24)23-11-16-8-9-22-17(10-16)25-12-15-6-4-3-5-7-15/h3-10H,11-12H2,1-2H3,(H,23,24). The van der Waals surface area contributed by atoms with Crippen LogP contribution in [0.1, 0.15) is 33.0 Å². The molecule has 3 rings (SSSR count). The molecule has 0 atom stereocenters. The highest BCUT2D eigenvalue weighted by molar-refractivity contribution is 9.10. The molecule has 1 aromatic carbocycles. The lowest BCUT2D eigenvalue weighted by molar-refractivity contribution is 0.0948. The fourth-order valence-corrected chi connectivity index (χ4v) is 3.10. The number of benzene rings is 1. The quantitative estimate of drug-likeness (QED) is 0.641. The fourth-order valence-electron chi connectivity index (χ4n) is 2.56. The van der Waals surface area contributed by atoms with Crippen LogP contribution >= 0.6 is 15.9 Å². The van der Waals surface area contributed by atoms with E-state index in [0.717, 1.165) is 11.1 Å². The summed E-state index contributed by atoms with van der Waals surface area (Å²) >= 11 is 3.40. The minimum Gasteiger partial charge on any atom is -0.473 e. The zero-order valence-corrected chi connectivity index (χ0v) is 16.2. The van der Waals surface area contributed by atoms with E-state index >= 15 is 0 Å². The lowest BCUT2D eigenvalue weighted by Crippen LogP contribution is -2.23. The molecule has 2 heterocycles. The van der Waals surface area contributed by atoms with Gasteiger partial charge in [0.1, 0.15) is 18.1 Å². The molecule has 0 aliphatic rings. The highest BCUT2D eigenvalue weighted by Gasteiger charge is 2.19. The summed E-state index contributed by atoms with van der Waals surface area (Å²) in [5.74, 6) is 1.62. The average molecular weight is 415 g/mol. The van der Waals surface area contributed by atoms with Crippen molar-refractivity contribution >= 4 is 21.8 Å². The van der Waals surface area contributed by atoms with Crippen molar-refractivity contribution in [3.8, 4) is 5.88 Å². The molecular weight excluding hydrogens is 396 g/mol. The predicted octanol–water partition coefficient (Wildman–Crippen LogP) is 4.56. The Bertz CT molecular complexity index is 907. The largest absolute Gasteiger partial charge is 0.473 e. The van der Waals surface area contributed by atoms with Crippen LogP contribution in [0.15, 0.2) is 57.6 Å². The number of carbonyl (C=O) groups excluding carboxylic acids is 1. The van der Waals surface area contributed by atoms with Gasteiger partial charge >= 0.3 is 0 Å². The van der Waals surface area contributed by atoms with E-state index in [1.165, 1.54) is 0 Å². The summed E-state index contributed by atoms with van der Waals surface area (Å²) in [5, 5.41) is 2.90. The average Bonchev–Trinajstić information content (AvgIpc) is 2.91. The molecule has 0 aliphatic heterocycles. The summed E-state index contributed by atoms with van der Waals surface area (Å²) in [4.78, 5) is 16.6. The van der Waals surface area contributed by atoms with Crippen LogP contribution in [-0.2, 0) is 13.2 Å². The van der Waals surface area contributed by atoms with Crippen LogP contribution in [0.25, 0.3) is 0 Å². The first-order valence-corrected chi connectivity index (χ1v) is 8.99. The molecule has 134 valence electrons. The monoisotopic (exact) mass is 414 g/mol. The Morgan fingerprint density at radius 3 is 2.62 bits per heavy atom. The Morgan fingerprint density at radius 2 is 1.92 bits per heavy atom. The number of furan rings is 1. The number of nitrogens with one attached hydrogen (secondary N) is 1. The van der Waals surface area contributed by atoms with E-state index in [1.807, 2.05) is 49.4 Å². The number of aryl methyl sites for hydroxylation is 2. The lowest BCUT2D eigenvalue weighted by atomic mass is 10.2. The van der Waals surface area contributed by atoms with Crippen LogP contribution in [0.2, 0.25) is 0 Å². The molecule has 0 radical (unpaired) electrons. The number of halogens is 1. The molecule has 0 fully saturated rings. The minimum atomic E-state index is -0.185. The van der Waals surface area contributed by atoms with Crippen LogP contribution in [0.5, 0.6) is 5.88 Å². The smallest absolute Gasteiger partial charge is 0.256 e. The number of nitrogens with zero attached hydrogens (tertiary/aromatic N) is 1. The molecule has 5 nitrogen and oxygen atoms in total. The molecule has 0 saturated heterocycles. The lowest BCUT2D eigenvalue weighted by Gasteiger charge is -2.08. The van der Waals surface area contributed by atoms with Gasteiger partial charge in [0.05, 0.1) is 10.0 Å². The molecule has 0 bridgehead atoms. The van der Waals surface area contributed by atoms with E-state index < -0.39 is 0 Å². The van der Waals surface area contributed by atoms with Crippen molar-refractivity contribution in [2.75, 3.05) is 0 Å². The van der Waals surface area contributed by atoms with Gasteiger partial charge in [0, 0.05) is 18.8 Å². The van der Waals surface area contributed by atoms with Gasteiger partial charge in [-0.05, 0) is 47.0 Å².